The summed E-state index contributed by atoms with van der Waals surface area (Å²) in [6.45, 7) is 3.39. The third-order valence-electron chi connectivity index (χ3n) is 6.37. The summed E-state index contributed by atoms with van der Waals surface area (Å²) < 4.78 is 0. The number of amides is 4. The van der Waals surface area contributed by atoms with Gasteiger partial charge in [-0.1, -0.05) is 42.5 Å². The molecule has 1 atom stereocenters. The summed E-state index contributed by atoms with van der Waals surface area (Å²) in [5.41, 5.74) is 3.05. The van der Waals surface area contributed by atoms with E-state index in [1.165, 1.54) is 5.56 Å². The van der Waals surface area contributed by atoms with Crippen LogP contribution in [0, 0.1) is 0 Å². The third kappa shape index (κ3) is 5.10. The molecule has 168 valence electrons. The van der Waals surface area contributed by atoms with E-state index >= 15 is 0 Å². The molecule has 7 heteroatoms. The average Bonchev–Trinajstić information content (AvgIpc) is 2.80. The minimum atomic E-state index is -0.228. The number of hydrogen-bond acceptors (Lipinski definition) is 3. The van der Waals surface area contributed by atoms with Crippen LogP contribution in [0.1, 0.15) is 43.4 Å². The lowest BCUT2D eigenvalue weighted by atomic mass is 9.90. The van der Waals surface area contributed by atoms with Crippen molar-refractivity contribution in [3.05, 3.63) is 65.7 Å². The minimum absolute atomic E-state index is 0.00459. The summed E-state index contributed by atoms with van der Waals surface area (Å²) in [5.74, 6) is -0.0554. The van der Waals surface area contributed by atoms with Gasteiger partial charge in [0.1, 0.15) is 0 Å². The van der Waals surface area contributed by atoms with Gasteiger partial charge in [-0.3, -0.25) is 9.59 Å². The predicted octanol–water partition coefficient (Wildman–Crippen LogP) is 3.34. The van der Waals surface area contributed by atoms with E-state index in [4.69, 9.17) is 0 Å². The summed E-state index contributed by atoms with van der Waals surface area (Å²) in [5, 5.41) is 6.04. The standard InChI is InChI=1S/C25H30N4O3/c1-18(30)29-16-11-19-7-5-6-10-22(19)23(29)17-24(31)26-21-12-14-28(15-13-21)25(32)27-20-8-3-2-4-9-20/h2-10,21,23H,11-17H2,1H3,(H,26,31)(H,27,32). The van der Waals surface area contributed by atoms with Gasteiger partial charge in [0.05, 0.1) is 12.5 Å². The number of urea groups is 1. The molecule has 2 N–H and O–H groups in total. The van der Waals surface area contributed by atoms with E-state index < -0.39 is 0 Å². The molecule has 0 aliphatic carbocycles. The fourth-order valence-corrected chi connectivity index (χ4v) is 4.66. The van der Waals surface area contributed by atoms with Crippen molar-refractivity contribution in [2.45, 2.75) is 44.7 Å². The molecule has 2 heterocycles. The number of hydrogen-bond donors (Lipinski definition) is 2. The van der Waals surface area contributed by atoms with Gasteiger partial charge in [0.2, 0.25) is 11.8 Å². The Morgan fingerprint density at radius 3 is 2.34 bits per heavy atom. The van der Waals surface area contributed by atoms with E-state index in [1.54, 1.807) is 16.7 Å². The summed E-state index contributed by atoms with van der Waals surface area (Å²) >= 11 is 0. The van der Waals surface area contributed by atoms with Gasteiger partial charge in [-0.25, -0.2) is 4.79 Å². The Morgan fingerprint density at radius 2 is 1.62 bits per heavy atom. The molecular weight excluding hydrogens is 404 g/mol. The van der Waals surface area contributed by atoms with Crippen LogP contribution in [0.3, 0.4) is 0 Å². The first kappa shape index (κ1) is 21.9. The van der Waals surface area contributed by atoms with Crippen molar-refractivity contribution in [1.29, 1.82) is 0 Å². The van der Waals surface area contributed by atoms with Crippen molar-refractivity contribution < 1.29 is 14.4 Å². The molecule has 0 radical (unpaired) electrons. The van der Waals surface area contributed by atoms with E-state index in [1.807, 2.05) is 48.5 Å². The van der Waals surface area contributed by atoms with Crippen molar-refractivity contribution in [2.75, 3.05) is 25.0 Å². The molecule has 2 aromatic rings. The van der Waals surface area contributed by atoms with E-state index in [2.05, 4.69) is 16.7 Å². The highest BCUT2D eigenvalue weighted by molar-refractivity contribution is 5.89. The molecule has 0 bridgehead atoms. The quantitative estimate of drug-likeness (QED) is 0.774. The van der Waals surface area contributed by atoms with E-state index in [9.17, 15) is 14.4 Å². The molecule has 1 saturated heterocycles. The van der Waals surface area contributed by atoms with Crippen molar-refractivity contribution in [1.82, 2.24) is 15.1 Å². The van der Waals surface area contributed by atoms with Crippen LogP contribution in [0.2, 0.25) is 0 Å². The number of carbonyl (C=O) groups excluding carboxylic acids is 3. The highest BCUT2D eigenvalue weighted by Gasteiger charge is 2.31. The summed E-state index contributed by atoms with van der Waals surface area (Å²) in [4.78, 5) is 41.1. The maximum atomic E-state index is 12.9. The largest absolute Gasteiger partial charge is 0.353 e. The molecule has 0 saturated carbocycles. The molecule has 1 unspecified atom stereocenters. The molecule has 2 aliphatic rings. The SMILES string of the molecule is CC(=O)N1CCc2ccccc2C1CC(=O)NC1CCN(C(=O)Nc2ccccc2)CC1. The first-order valence-electron chi connectivity index (χ1n) is 11.3. The van der Waals surface area contributed by atoms with Crippen LogP contribution in [0.25, 0.3) is 0 Å². The fraction of sp³-hybridized carbons (Fsp3) is 0.400. The van der Waals surface area contributed by atoms with Gasteiger partial charge in [-0.2, -0.15) is 0 Å². The second kappa shape index (κ2) is 9.85. The number of nitrogens with one attached hydrogen (secondary N) is 2. The first-order valence-corrected chi connectivity index (χ1v) is 11.3. The fourth-order valence-electron chi connectivity index (χ4n) is 4.66. The normalized spacial score (nSPS) is 18.6. The summed E-state index contributed by atoms with van der Waals surface area (Å²) in [6.07, 6.45) is 2.50. The number of likely N-dealkylation sites (tertiary alicyclic amines) is 1. The molecular formula is C25H30N4O3. The molecule has 0 aromatic heterocycles. The third-order valence-corrected chi connectivity index (χ3v) is 6.37. The molecule has 4 rings (SSSR count). The highest BCUT2D eigenvalue weighted by Crippen LogP contribution is 2.32. The second-order valence-corrected chi connectivity index (χ2v) is 8.51. The van der Waals surface area contributed by atoms with E-state index in [-0.39, 0.29) is 36.3 Å². The number of anilines is 1. The van der Waals surface area contributed by atoms with Crippen LogP contribution in [0.4, 0.5) is 10.5 Å². The average molecular weight is 435 g/mol. The number of carbonyl (C=O) groups is 3. The lowest BCUT2D eigenvalue weighted by Gasteiger charge is -2.37. The summed E-state index contributed by atoms with van der Waals surface area (Å²) in [6, 6.07) is 17.1. The molecule has 2 aliphatic heterocycles. The number of piperidine rings is 1. The first-order chi connectivity index (χ1) is 15.5. The van der Waals surface area contributed by atoms with Crippen LogP contribution < -0.4 is 10.6 Å². The highest BCUT2D eigenvalue weighted by atomic mass is 16.2. The number of fused-ring (bicyclic) bond motifs is 1. The maximum Gasteiger partial charge on any atom is 0.321 e. The Bertz CT molecular complexity index is 970. The second-order valence-electron chi connectivity index (χ2n) is 8.51. The number of nitrogens with zero attached hydrogens (tertiary/aromatic N) is 2. The van der Waals surface area contributed by atoms with Gasteiger partial charge >= 0.3 is 6.03 Å². The number of rotatable bonds is 4. The zero-order valence-corrected chi connectivity index (χ0v) is 18.4. The number of benzene rings is 2. The Kier molecular flexibility index (Phi) is 6.73. The topological polar surface area (TPSA) is 81.8 Å². The van der Waals surface area contributed by atoms with Crippen LogP contribution in [-0.2, 0) is 16.0 Å². The van der Waals surface area contributed by atoms with Gasteiger partial charge in [0.15, 0.2) is 0 Å². The Labute approximate surface area is 188 Å². The van der Waals surface area contributed by atoms with Crippen molar-refractivity contribution in [2.24, 2.45) is 0 Å². The Hall–Kier alpha value is -3.35. The predicted molar refractivity (Wildman–Crippen MR) is 123 cm³/mol. The van der Waals surface area contributed by atoms with Crippen LogP contribution in [0.15, 0.2) is 54.6 Å². The zero-order chi connectivity index (χ0) is 22.5. The van der Waals surface area contributed by atoms with Gasteiger partial charge in [0, 0.05) is 38.3 Å². The van der Waals surface area contributed by atoms with Crippen molar-refractivity contribution >= 4 is 23.5 Å². The molecule has 4 amide bonds. The number of para-hydroxylation sites is 1. The van der Waals surface area contributed by atoms with Crippen LogP contribution >= 0.6 is 0 Å². The van der Waals surface area contributed by atoms with E-state index in [0.29, 0.717) is 32.5 Å². The molecule has 2 aromatic carbocycles. The smallest absolute Gasteiger partial charge is 0.321 e. The maximum absolute atomic E-state index is 12.9. The Balaban J connectivity index is 1.30. The van der Waals surface area contributed by atoms with Gasteiger partial charge in [-0.15, -0.1) is 0 Å². The van der Waals surface area contributed by atoms with Crippen molar-refractivity contribution in [3.63, 3.8) is 0 Å². The zero-order valence-electron chi connectivity index (χ0n) is 18.4. The van der Waals surface area contributed by atoms with Crippen molar-refractivity contribution in [3.8, 4) is 0 Å². The minimum Gasteiger partial charge on any atom is -0.353 e. The monoisotopic (exact) mass is 434 g/mol. The van der Waals surface area contributed by atoms with Gasteiger partial charge < -0.3 is 20.4 Å². The van der Waals surface area contributed by atoms with Crippen LogP contribution in [-0.4, -0.2) is 53.3 Å². The molecule has 0 spiro atoms. The van der Waals surface area contributed by atoms with Gasteiger partial charge in [0.25, 0.3) is 0 Å². The molecule has 32 heavy (non-hydrogen) atoms. The van der Waals surface area contributed by atoms with Gasteiger partial charge in [-0.05, 0) is 42.5 Å². The molecule has 1 fully saturated rings. The summed E-state index contributed by atoms with van der Waals surface area (Å²) in [7, 11) is 0. The lowest BCUT2D eigenvalue weighted by molar-refractivity contribution is -0.133. The van der Waals surface area contributed by atoms with Crippen LogP contribution in [0.5, 0.6) is 0 Å². The Morgan fingerprint density at radius 1 is 0.938 bits per heavy atom. The van der Waals surface area contributed by atoms with E-state index in [0.717, 1.165) is 17.7 Å². The lowest BCUT2D eigenvalue weighted by Crippen LogP contribution is -2.48. The molecule has 7 nitrogen and oxygen atoms in total.